The zero-order valence-corrected chi connectivity index (χ0v) is 13.1. The van der Waals surface area contributed by atoms with Crippen molar-refractivity contribution < 1.29 is 5.11 Å². The maximum absolute atomic E-state index is 10.8. The van der Waals surface area contributed by atoms with Crippen molar-refractivity contribution in [2.75, 3.05) is 20.6 Å². The van der Waals surface area contributed by atoms with Gasteiger partial charge in [-0.1, -0.05) is 48.5 Å². The Kier molecular flexibility index (Phi) is 4.27. The fourth-order valence-electron chi connectivity index (χ4n) is 3.04. The quantitative estimate of drug-likeness (QED) is 0.783. The fraction of sp³-hybridized carbons (Fsp3) is 0.263. The molecule has 114 valence electrons. The molecule has 0 aliphatic heterocycles. The van der Waals surface area contributed by atoms with Gasteiger partial charge in [-0.05, 0) is 37.2 Å². The number of hydrogen-bond acceptors (Lipinski definition) is 2. The lowest BCUT2D eigenvalue weighted by molar-refractivity contribution is 0.101. The van der Waals surface area contributed by atoms with Gasteiger partial charge in [0.25, 0.3) is 0 Å². The first-order valence-electron chi connectivity index (χ1n) is 7.60. The lowest BCUT2D eigenvalue weighted by Gasteiger charge is -2.28. The van der Waals surface area contributed by atoms with E-state index in [9.17, 15) is 5.11 Å². The summed E-state index contributed by atoms with van der Waals surface area (Å²) in [5.74, 6) is 0. The van der Waals surface area contributed by atoms with Gasteiger partial charge < -0.3 is 14.6 Å². The van der Waals surface area contributed by atoms with Crippen LogP contribution in [0.15, 0.2) is 66.9 Å². The van der Waals surface area contributed by atoms with Crippen molar-refractivity contribution in [1.82, 2.24) is 9.47 Å². The number of hydrogen-bond donors (Lipinski definition) is 1. The van der Waals surface area contributed by atoms with E-state index in [1.807, 2.05) is 49.3 Å². The second kappa shape index (κ2) is 6.34. The number of benzene rings is 2. The van der Waals surface area contributed by atoms with Crippen molar-refractivity contribution in [3.63, 3.8) is 0 Å². The monoisotopic (exact) mass is 294 g/mol. The Hall–Kier alpha value is -2.10. The summed E-state index contributed by atoms with van der Waals surface area (Å²) in [6.45, 7) is 0.617. The maximum atomic E-state index is 10.8. The molecule has 0 aliphatic rings. The Labute approximate surface area is 131 Å². The molecule has 0 fully saturated rings. The van der Waals surface area contributed by atoms with Crippen molar-refractivity contribution in [2.24, 2.45) is 0 Å². The topological polar surface area (TPSA) is 28.4 Å². The molecule has 1 heterocycles. The van der Waals surface area contributed by atoms with E-state index in [0.29, 0.717) is 6.54 Å². The highest BCUT2D eigenvalue weighted by Crippen LogP contribution is 2.28. The van der Waals surface area contributed by atoms with Gasteiger partial charge >= 0.3 is 0 Å². The van der Waals surface area contributed by atoms with Crippen LogP contribution in [0, 0.1) is 0 Å². The Morgan fingerprint density at radius 1 is 0.955 bits per heavy atom. The SMILES string of the molecule is CN(C)CC(O)C(c1ccccc1)n1ccc2ccccc21. The molecular formula is C19H22N2O. The first-order valence-corrected chi connectivity index (χ1v) is 7.60. The summed E-state index contributed by atoms with van der Waals surface area (Å²) in [5.41, 5.74) is 2.27. The lowest BCUT2D eigenvalue weighted by Crippen LogP contribution is -2.34. The van der Waals surface area contributed by atoms with E-state index >= 15 is 0 Å². The Balaban J connectivity index is 2.09. The molecule has 0 saturated heterocycles. The fourth-order valence-corrected chi connectivity index (χ4v) is 3.04. The molecule has 3 nitrogen and oxygen atoms in total. The van der Waals surface area contributed by atoms with Gasteiger partial charge in [-0.15, -0.1) is 0 Å². The molecule has 2 aromatic carbocycles. The van der Waals surface area contributed by atoms with E-state index in [1.54, 1.807) is 0 Å². The van der Waals surface area contributed by atoms with Gasteiger partial charge in [0.05, 0.1) is 12.1 Å². The molecule has 3 heteroatoms. The Morgan fingerprint density at radius 3 is 2.36 bits per heavy atom. The van der Waals surface area contributed by atoms with E-state index in [2.05, 4.69) is 41.1 Å². The Morgan fingerprint density at radius 2 is 1.64 bits per heavy atom. The van der Waals surface area contributed by atoms with Gasteiger partial charge in [0.15, 0.2) is 0 Å². The molecule has 2 unspecified atom stereocenters. The van der Waals surface area contributed by atoms with Crippen LogP contribution in [0.1, 0.15) is 11.6 Å². The average molecular weight is 294 g/mol. The molecule has 0 radical (unpaired) electrons. The number of likely N-dealkylation sites (N-methyl/N-ethyl adjacent to an activating group) is 1. The highest BCUT2D eigenvalue weighted by Gasteiger charge is 2.24. The average Bonchev–Trinajstić information content (AvgIpc) is 2.92. The summed E-state index contributed by atoms with van der Waals surface area (Å²) in [7, 11) is 3.97. The van der Waals surface area contributed by atoms with Crippen LogP contribution in [0.5, 0.6) is 0 Å². The molecule has 0 saturated carbocycles. The van der Waals surface area contributed by atoms with Crippen LogP contribution in [0.3, 0.4) is 0 Å². The third-order valence-corrected chi connectivity index (χ3v) is 3.99. The number of aromatic nitrogens is 1. The molecule has 1 aromatic heterocycles. The van der Waals surface area contributed by atoms with Gasteiger partial charge in [-0.2, -0.15) is 0 Å². The van der Waals surface area contributed by atoms with Crippen molar-refractivity contribution >= 4 is 10.9 Å². The molecule has 1 N–H and O–H groups in total. The molecule has 3 rings (SSSR count). The van der Waals surface area contributed by atoms with Crippen LogP contribution in [0.2, 0.25) is 0 Å². The number of fused-ring (bicyclic) bond motifs is 1. The summed E-state index contributed by atoms with van der Waals surface area (Å²) < 4.78 is 2.18. The molecule has 0 amide bonds. The summed E-state index contributed by atoms with van der Waals surface area (Å²) in [5, 5.41) is 12.0. The second-order valence-electron chi connectivity index (χ2n) is 5.97. The summed E-state index contributed by atoms with van der Waals surface area (Å²) in [6.07, 6.45) is 1.59. The zero-order chi connectivity index (χ0) is 15.5. The molecule has 3 aromatic rings. The van der Waals surface area contributed by atoms with Crippen LogP contribution in [-0.2, 0) is 0 Å². The molecule has 0 bridgehead atoms. The number of nitrogens with zero attached hydrogens (tertiary/aromatic N) is 2. The van der Waals surface area contributed by atoms with E-state index in [4.69, 9.17) is 0 Å². The highest BCUT2D eigenvalue weighted by atomic mass is 16.3. The van der Waals surface area contributed by atoms with E-state index in [1.165, 1.54) is 5.39 Å². The number of rotatable bonds is 5. The normalized spacial score (nSPS) is 14.4. The third kappa shape index (κ3) is 2.91. The predicted octanol–water partition coefficient (Wildman–Crippen LogP) is 3.15. The lowest BCUT2D eigenvalue weighted by atomic mass is 10.0. The molecule has 2 atom stereocenters. The van der Waals surface area contributed by atoms with Gasteiger partial charge in [-0.3, -0.25) is 0 Å². The van der Waals surface area contributed by atoms with Crippen molar-refractivity contribution in [3.8, 4) is 0 Å². The summed E-state index contributed by atoms with van der Waals surface area (Å²) >= 11 is 0. The van der Waals surface area contributed by atoms with Crippen LogP contribution in [-0.4, -0.2) is 41.3 Å². The summed E-state index contributed by atoms with van der Waals surface area (Å²) in [4.78, 5) is 2.02. The number of aliphatic hydroxyl groups excluding tert-OH is 1. The minimum atomic E-state index is -0.479. The summed E-state index contributed by atoms with van der Waals surface area (Å²) in [6, 6.07) is 20.5. The molecular weight excluding hydrogens is 272 g/mol. The largest absolute Gasteiger partial charge is 0.389 e. The highest BCUT2D eigenvalue weighted by molar-refractivity contribution is 5.80. The second-order valence-corrected chi connectivity index (χ2v) is 5.97. The van der Waals surface area contributed by atoms with E-state index in [-0.39, 0.29) is 6.04 Å². The zero-order valence-electron chi connectivity index (χ0n) is 13.1. The minimum absolute atomic E-state index is 0.0940. The van der Waals surface area contributed by atoms with Crippen molar-refractivity contribution in [3.05, 3.63) is 72.4 Å². The van der Waals surface area contributed by atoms with E-state index in [0.717, 1.165) is 11.1 Å². The van der Waals surface area contributed by atoms with Crippen LogP contribution in [0.4, 0.5) is 0 Å². The van der Waals surface area contributed by atoms with E-state index < -0.39 is 6.10 Å². The number of aliphatic hydroxyl groups is 1. The van der Waals surface area contributed by atoms with Crippen LogP contribution >= 0.6 is 0 Å². The first kappa shape index (κ1) is 14.8. The van der Waals surface area contributed by atoms with Gasteiger partial charge in [-0.25, -0.2) is 0 Å². The molecule has 0 aliphatic carbocycles. The van der Waals surface area contributed by atoms with Crippen molar-refractivity contribution in [2.45, 2.75) is 12.1 Å². The number of para-hydroxylation sites is 1. The van der Waals surface area contributed by atoms with Crippen LogP contribution in [0.25, 0.3) is 10.9 Å². The standard InChI is InChI=1S/C19H22N2O/c1-20(2)14-18(22)19(16-9-4-3-5-10-16)21-13-12-15-8-6-7-11-17(15)21/h3-13,18-19,22H,14H2,1-2H3. The molecule has 22 heavy (non-hydrogen) atoms. The van der Waals surface area contributed by atoms with Gasteiger partial charge in [0.1, 0.15) is 0 Å². The minimum Gasteiger partial charge on any atom is -0.389 e. The van der Waals surface area contributed by atoms with Crippen LogP contribution < -0.4 is 0 Å². The first-order chi connectivity index (χ1) is 10.7. The van der Waals surface area contributed by atoms with Crippen molar-refractivity contribution in [1.29, 1.82) is 0 Å². The smallest absolute Gasteiger partial charge is 0.0915 e. The van der Waals surface area contributed by atoms with Gasteiger partial charge in [0, 0.05) is 18.3 Å². The maximum Gasteiger partial charge on any atom is 0.0915 e. The Bertz CT molecular complexity index is 733. The van der Waals surface area contributed by atoms with Gasteiger partial charge in [0.2, 0.25) is 0 Å². The molecule has 0 spiro atoms. The predicted molar refractivity (Wildman–Crippen MR) is 91.1 cm³/mol. The third-order valence-electron chi connectivity index (χ3n) is 3.99.